The number of aromatic nitrogens is 1. The van der Waals surface area contributed by atoms with E-state index in [0.717, 1.165) is 17.7 Å². The van der Waals surface area contributed by atoms with E-state index in [1.54, 1.807) is 6.20 Å². The normalized spacial score (nSPS) is 12.4. The van der Waals surface area contributed by atoms with E-state index in [2.05, 4.69) is 20.9 Å². The molecular formula is C13H10BrCl2N. The molecular weight excluding hydrogens is 321 g/mol. The molecule has 1 nitrogen and oxygen atoms in total. The molecule has 1 heterocycles. The van der Waals surface area contributed by atoms with Gasteiger partial charge in [-0.15, -0.1) is 0 Å². The largest absolute Gasteiger partial charge is 0.261 e. The van der Waals surface area contributed by atoms with Crippen molar-refractivity contribution in [2.75, 3.05) is 0 Å². The van der Waals surface area contributed by atoms with Crippen molar-refractivity contribution in [2.45, 2.75) is 11.2 Å². The van der Waals surface area contributed by atoms with Crippen LogP contribution in [0.15, 0.2) is 42.6 Å². The zero-order chi connectivity index (χ0) is 12.3. The Bertz CT molecular complexity index is 502. The molecule has 0 amide bonds. The monoisotopic (exact) mass is 329 g/mol. The molecule has 0 aliphatic heterocycles. The Balaban J connectivity index is 2.14. The lowest BCUT2D eigenvalue weighted by Crippen LogP contribution is -1.97. The molecule has 0 N–H and O–H groups in total. The molecule has 0 spiro atoms. The number of hydrogen-bond donors (Lipinski definition) is 0. The summed E-state index contributed by atoms with van der Waals surface area (Å²) in [4.78, 5) is 4.48. The molecule has 0 saturated heterocycles. The van der Waals surface area contributed by atoms with Crippen molar-refractivity contribution in [1.29, 1.82) is 0 Å². The van der Waals surface area contributed by atoms with E-state index in [1.807, 2.05) is 36.4 Å². The minimum Gasteiger partial charge on any atom is -0.261 e. The first-order valence-corrected chi connectivity index (χ1v) is 6.83. The van der Waals surface area contributed by atoms with Crippen LogP contribution in [0.4, 0.5) is 0 Å². The first-order chi connectivity index (χ1) is 8.16. The zero-order valence-electron chi connectivity index (χ0n) is 8.91. The summed E-state index contributed by atoms with van der Waals surface area (Å²) in [5, 5.41) is 1.16. The lowest BCUT2D eigenvalue weighted by atomic mass is 10.1. The summed E-state index contributed by atoms with van der Waals surface area (Å²) in [5.41, 5.74) is 2.14. The van der Waals surface area contributed by atoms with Crippen LogP contribution in [0.5, 0.6) is 0 Å². The van der Waals surface area contributed by atoms with Crippen LogP contribution in [0.1, 0.15) is 16.1 Å². The van der Waals surface area contributed by atoms with Crippen molar-refractivity contribution in [1.82, 2.24) is 4.98 Å². The second-order valence-electron chi connectivity index (χ2n) is 3.67. The summed E-state index contributed by atoms with van der Waals surface area (Å²) in [5.74, 6) is 0. The molecule has 0 aliphatic carbocycles. The van der Waals surface area contributed by atoms with Crippen LogP contribution in [0.25, 0.3) is 0 Å². The van der Waals surface area contributed by atoms with E-state index >= 15 is 0 Å². The van der Waals surface area contributed by atoms with Crippen LogP contribution < -0.4 is 0 Å². The third-order valence-corrected chi connectivity index (χ3v) is 4.01. The molecule has 1 unspecified atom stereocenters. The van der Waals surface area contributed by atoms with Gasteiger partial charge in [0, 0.05) is 23.1 Å². The predicted octanol–water partition coefficient (Wildman–Crippen LogP) is 5.07. The van der Waals surface area contributed by atoms with Crippen LogP contribution in [0.2, 0.25) is 10.0 Å². The molecule has 0 fully saturated rings. The average Bonchev–Trinajstić information content (AvgIpc) is 2.34. The summed E-state index contributed by atoms with van der Waals surface area (Å²) >= 11 is 15.5. The SMILES string of the molecule is Clc1ccc(C(Br)Cc2ccccn2)cc1Cl. The smallest absolute Gasteiger partial charge is 0.0595 e. The van der Waals surface area contributed by atoms with Crippen molar-refractivity contribution in [2.24, 2.45) is 0 Å². The highest BCUT2D eigenvalue weighted by atomic mass is 79.9. The summed E-state index contributed by atoms with van der Waals surface area (Å²) in [6.45, 7) is 0. The molecule has 1 aromatic carbocycles. The molecule has 88 valence electrons. The number of halogens is 3. The number of nitrogens with zero attached hydrogens (tertiary/aromatic N) is 1. The number of alkyl halides is 1. The maximum Gasteiger partial charge on any atom is 0.0595 e. The molecule has 0 saturated carbocycles. The van der Waals surface area contributed by atoms with E-state index < -0.39 is 0 Å². The quantitative estimate of drug-likeness (QED) is 0.716. The van der Waals surface area contributed by atoms with E-state index in [4.69, 9.17) is 23.2 Å². The first-order valence-electron chi connectivity index (χ1n) is 5.16. The third kappa shape index (κ3) is 3.44. The zero-order valence-corrected chi connectivity index (χ0v) is 12.0. The Hall–Kier alpha value is -0.570. The van der Waals surface area contributed by atoms with Crippen LogP contribution >= 0.6 is 39.1 Å². The number of pyridine rings is 1. The Morgan fingerprint density at radius 3 is 2.59 bits per heavy atom. The Kier molecular flexibility index (Phi) is 4.43. The average molecular weight is 331 g/mol. The lowest BCUT2D eigenvalue weighted by Gasteiger charge is -2.10. The van der Waals surface area contributed by atoms with Gasteiger partial charge in [0.15, 0.2) is 0 Å². The molecule has 2 aromatic rings. The van der Waals surface area contributed by atoms with Crippen LogP contribution in [-0.4, -0.2) is 4.98 Å². The molecule has 1 aromatic heterocycles. The van der Waals surface area contributed by atoms with E-state index in [-0.39, 0.29) is 4.83 Å². The van der Waals surface area contributed by atoms with Crippen molar-refractivity contribution in [3.63, 3.8) is 0 Å². The fourth-order valence-corrected chi connectivity index (χ4v) is 2.45. The van der Waals surface area contributed by atoms with Gasteiger partial charge in [0.1, 0.15) is 0 Å². The van der Waals surface area contributed by atoms with Gasteiger partial charge in [-0.1, -0.05) is 51.3 Å². The van der Waals surface area contributed by atoms with Crippen LogP contribution in [-0.2, 0) is 6.42 Å². The molecule has 0 aliphatic rings. The fraction of sp³-hybridized carbons (Fsp3) is 0.154. The van der Waals surface area contributed by atoms with Gasteiger partial charge in [0.05, 0.1) is 10.0 Å². The summed E-state index contributed by atoms with van der Waals surface area (Å²) < 4.78 is 0. The maximum atomic E-state index is 5.99. The first kappa shape index (κ1) is 12.9. The Morgan fingerprint density at radius 2 is 1.94 bits per heavy atom. The van der Waals surface area contributed by atoms with E-state index in [9.17, 15) is 0 Å². The summed E-state index contributed by atoms with van der Waals surface area (Å²) in [6, 6.07) is 11.6. The van der Waals surface area contributed by atoms with E-state index in [0.29, 0.717) is 10.0 Å². The minimum absolute atomic E-state index is 0.187. The van der Waals surface area contributed by atoms with Gasteiger partial charge in [-0.2, -0.15) is 0 Å². The Morgan fingerprint density at radius 1 is 1.12 bits per heavy atom. The fourth-order valence-electron chi connectivity index (χ4n) is 1.53. The van der Waals surface area contributed by atoms with Gasteiger partial charge >= 0.3 is 0 Å². The topological polar surface area (TPSA) is 12.9 Å². The molecule has 1 atom stereocenters. The van der Waals surface area contributed by atoms with Crippen molar-refractivity contribution in [3.05, 3.63) is 63.9 Å². The van der Waals surface area contributed by atoms with Gasteiger partial charge in [-0.3, -0.25) is 4.98 Å². The molecule has 0 bridgehead atoms. The lowest BCUT2D eigenvalue weighted by molar-refractivity contribution is 0.905. The third-order valence-electron chi connectivity index (χ3n) is 2.42. The number of hydrogen-bond acceptors (Lipinski definition) is 1. The molecule has 17 heavy (non-hydrogen) atoms. The van der Waals surface area contributed by atoms with E-state index in [1.165, 1.54) is 0 Å². The number of rotatable bonds is 3. The highest BCUT2D eigenvalue weighted by Gasteiger charge is 2.10. The van der Waals surface area contributed by atoms with Gasteiger partial charge in [-0.25, -0.2) is 0 Å². The van der Waals surface area contributed by atoms with Crippen molar-refractivity contribution in [3.8, 4) is 0 Å². The highest BCUT2D eigenvalue weighted by Crippen LogP contribution is 2.31. The van der Waals surface area contributed by atoms with Crippen LogP contribution in [0.3, 0.4) is 0 Å². The standard InChI is InChI=1S/C13H10BrCl2N/c14-11(8-10-3-1-2-6-17-10)9-4-5-12(15)13(16)7-9/h1-7,11H,8H2. The molecule has 4 heteroatoms. The summed E-state index contributed by atoms with van der Waals surface area (Å²) in [6.07, 6.45) is 2.61. The molecule has 2 rings (SSSR count). The van der Waals surface area contributed by atoms with Gasteiger partial charge in [0.2, 0.25) is 0 Å². The number of benzene rings is 1. The van der Waals surface area contributed by atoms with Crippen molar-refractivity contribution >= 4 is 39.1 Å². The maximum absolute atomic E-state index is 5.99. The Labute approximate surface area is 119 Å². The van der Waals surface area contributed by atoms with Gasteiger partial charge in [-0.05, 0) is 29.8 Å². The second-order valence-corrected chi connectivity index (χ2v) is 5.59. The minimum atomic E-state index is 0.187. The van der Waals surface area contributed by atoms with Gasteiger partial charge in [0.25, 0.3) is 0 Å². The van der Waals surface area contributed by atoms with Crippen molar-refractivity contribution < 1.29 is 0 Å². The van der Waals surface area contributed by atoms with Crippen LogP contribution in [0, 0.1) is 0 Å². The highest BCUT2D eigenvalue weighted by molar-refractivity contribution is 9.09. The molecule has 0 radical (unpaired) electrons. The summed E-state index contributed by atoms with van der Waals surface area (Å²) in [7, 11) is 0. The second kappa shape index (κ2) is 5.85. The van der Waals surface area contributed by atoms with Gasteiger partial charge < -0.3 is 0 Å². The predicted molar refractivity (Wildman–Crippen MR) is 76.1 cm³/mol.